The third-order valence-corrected chi connectivity index (χ3v) is 5.07. The van der Waals surface area contributed by atoms with Crippen LogP contribution >= 0.6 is 11.6 Å². The zero-order valence-electron chi connectivity index (χ0n) is 13.9. The number of Topliss-reactive ketones (excluding diaryl/α,β-unsaturated/α-hetero) is 1. The minimum Gasteiger partial charge on any atom is -0.369 e. The highest BCUT2D eigenvalue weighted by molar-refractivity contribution is 6.30. The number of carbonyl (C=O) groups excluding carboxylic acids is 1. The number of piperazine rings is 1. The van der Waals surface area contributed by atoms with Crippen LogP contribution in [-0.2, 0) is 0 Å². The van der Waals surface area contributed by atoms with Crippen LogP contribution in [-0.4, -0.2) is 48.4 Å². The van der Waals surface area contributed by atoms with Gasteiger partial charge in [0.2, 0.25) is 0 Å². The van der Waals surface area contributed by atoms with E-state index in [2.05, 4.69) is 26.9 Å². The molecule has 4 nitrogen and oxygen atoms in total. The van der Waals surface area contributed by atoms with E-state index in [1.54, 1.807) is 0 Å². The average molecular weight is 354 g/mol. The number of nitrogens with one attached hydrogen (secondary N) is 1. The minimum absolute atomic E-state index is 0.178. The molecule has 2 aromatic carbocycles. The third kappa shape index (κ3) is 3.41. The fourth-order valence-corrected chi connectivity index (χ4v) is 3.53. The molecule has 0 aliphatic carbocycles. The molecule has 3 aromatic rings. The van der Waals surface area contributed by atoms with Crippen LogP contribution in [0.25, 0.3) is 10.9 Å². The first-order valence-corrected chi connectivity index (χ1v) is 8.91. The molecule has 0 amide bonds. The van der Waals surface area contributed by atoms with Crippen LogP contribution in [0.2, 0.25) is 5.02 Å². The van der Waals surface area contributed by atoms with E-state index in [1.165, 1.54) is 5.69 Å². The summed E-state index contributed by atoms with van der Waals surface area (Å²) in [7, 11) is 0. The van der Waals surface area contributed by atoms with Gasteiger partial charge in [0.1, 0.15) is 0 Å². The first-order valence-electron chi connectivity index (χ1n) is 8.53. The van der Waals surface area contributed by atoms with E-state index in [-0.39, 0.29) is 5.78 Å². The molecule has 0 bridgehead atoms. The second-order valence-electron chi connectivity index (χ2n) is 6.41. The van der Waals surface area contributed by atoms with Gasteiger partial charge in [-0.25, -0.2) is 0 Å². The van der Waals surface area contributed by atoms with Gasteiger partial charge in [-0.05, 0) is 30.3 Å². The van der Waals surface area contributed by atoms with Crippen molar-refractivity contribution < 1.29 is 4.79 Å². The zero-order valence-corrected chi connectivity index (χ0v) is 14.7. The Bertz CT molecular complexity index is 879. The first kappa shape index (κ1) is 16.2. The SMILES string of the molecule is O=C(CN1CCN(c2ccc(Cl)cc2)CC1)c1c[nH]c2ccccc12. The van der Waals surface area contributed by atoms with Crippen LogP contribution in [0, 0.1) is 0 Å². The number of fused-ring (bicyclic) bond motifs is 1. The number of aromatic amines is 1. The predicted molar refractivity (Wildman–Crippen MR) is 103 cm³/mol. The number of hydrogen-bond acceptors (Lipinski definition) is 3. The zero-order chi connectivity index (χ0) is 17.2. The molecular formula is C20H20ClN3O. The Labute approximate surface area is 152 Å². The molecule has 1 aliphatic heterocycles. The number of halogens is 1. The van der Waals surface area contributed by atoms with Gasteiger partial charge in [-0.3, -0.25) is 9.69 Å². The average Bonchev–Trinajstić information content (AvgIpc) is 3.07. The molecule has 1 aliphatic rings. The third-order valence-electron chi connectivity index (χ3n) is 4.82. The number of anilines is 1. The maximum atomic E-state index is 12.7. The lowest BCUT2D eigenvalue weighted by molar-refractivity contribution is 0.0928. The number of aromatic nitrogens is 1. The van der Waals surface area contributed by atoms with E-state index in [0.717, 1.165) is 47.7 Å². The molecule has 0 unspecified atom stereocenters. The maximum Gasteiger partial charge on any atom is 0.178 e. The van der Waals surface area contributed by atoms with E-state index in [4.69, 9.17) is 11.6 Å². The fourth-order valence-electron chi connectivity index (χ4n) is 3.41. The van der Waals surface area contributed by atoms with E-state index in [9.17, 15) is 4.79 Å². The Kier molecular flexibility index (Phi) is 4.47. The van der Waals surface area contributed by atoms with Crippen molar-refractivity contribution in [2.24, 2.45) is 0 Å². The van der Waals surface area contributed by atoms with Crippen molar-refractivity contribution in [3.05, 3.63) is 65.3 Å². The number of hydrogen-bond donors (Lipinski definition) is 1. The van der Waals surface area contributed by atoms with Crippen LogP contribution in [0.1, 0.15) is 10.4 Å². The van der Waals surface area contributed by atoms with E-state index in [0.29, 0.717) is 6.54 Å². The molecule has 0 atom stereocenters. The summed E-state index contributed by atoms with van der Waals surface area (Å²) in [5.41, 5.74) is 2.99. The van der Waals surface area contributed by atoms with Crippen LogP contribution in [0.3, 0.4) is 0 Å². The van der Waals surface area contributed by atoms with Crippen molar-refractivity contribution in [1.82, 2.24) is 9.88 Å². The summed E-state index contributed by atoms with van der Waals surface area (Å²) in [5.74, 6) is 0.178. The van der Waals surface area contributed by atoms with Gasteiger partial charge in [-0.2, -0.15) is 0 Å². The Morgan fingerprint density at radius 2 is 1.72 bits per heavy atom. The standard InChI is InChI=1S/C20H20ClN3O/c21-15-5-7-16(8-6-15)24-11-9-23(10-12-24)14-20(25)18-13-22-19-4-2-1-3-17(18)19/h1-8,13,22H,9-12,14H2. The van der Waals surface area contributed by atoms with Gasteiger partial charge in [0.25, 0.3) is 0 Å². The number of nitrogens with zero attached hydrogens (tertiary/aromatic N) is 2. The van der Waals surface area contributed by atoms with Gasteiger partial charge in [-0.1, -0.05) is 29.8 Å². The van der Waals surface area contributed by atoms with Gasteiger partial charge < -0.3 is 9.88 Å². The number of rotatable bonds is 4. The van der Waals surface area contributed by atoms with Crippen molar-refractivity contribution in [2.75, 3.05) is 37.6 Å². The highest BCUT2D eigenvalue weighted by atomic mass is 35.5. The van der Waals surface area contributed by atoms with E-state index >= 15 is 0 Å². The molecule has 128 valence electrons. The monoisotopic (exact) mass is 353 g/mol. The maximum absolute atomic E-state index is 12.7. The van der Waals surface area contributed by atoms with E-state index < -0.39 is 0 Å². The molecule has 1 aromatic heterocycles. The minimum atomic E-state index is 0.178. The molecule has 0 saturated carbocycles. The summed E-state index contributed by atoms with van der Waals surface area (Å²) in [4.78, 5) is 20.4. The Balaban J connectivity index is 1.38. The largest absolute Gasteiger partial charge is 0.369 e. The van der Waals surface area contributed by atoms with Gasteiger partial charge in [-0.15, -0.1) is 0 Å². The lowest BCUT2D eigenvalue weighted by Crippen LogP contribution is -2.48. The topological polar surface area (TPSA) is 39.3 Å². The van der Waals surface area contributed by atoms with Gasteiger partial charge in [0.15, 0.2) is 5.78 Å². The predicted octanol–water partition coefficient (Wildman–Crippen LogP) is 3.83. The normalized spacial score (nSPS) is 15.6. The van der Waals surface area contributed by atoms with Gasteiger partial charge >= 0.3 is 0 Å². The number of carbonyl (C=O) groups is 1. The van der Waals surface area contributed by atoms with Crippen LogP contribution < -0.4 is 4.90 Å². The summed E-state index contributed by atoms with van der Waals surface area (Å²) in [5, 5.41) is 1.76. The summed E-state index contributed by atoms with van der Waals surface area (Å²) in [6, 6.07) is 15.9. The fraction of sp³-hybridized carbons (Fsp3) is 0.250. The molecular weight excluding hydrogens is 334 g/mol. The molecule has 1 fully saturated rings. The molecule has 5 heteroatoms. The van der Waals surface area contributed by atoms with Crippen LogP contribution in [0.5, 0.6) is 0 Å². The summed E-state index contributed by atoms with van der Waals surface area (Å²) in [6.45, 7) is 4.08. The van der Waals surface area contributed by atoms with Crippen molar-refractivity contribution >= 4 is 34.0 Å². The molecule has 25 heavy (non-hydrogen) atoms. The smallest absolute Gasteiger partial charge is 0.178 e. The summed E-state index contributed by atoms with van der Waals surface area (Å²) < 4.78 is 0. The summed E-state index contributed by atoms with van der Waals surface area (Å²) in [6.07, 6.45) is 1.83. The molecule has 0 radical (unpaired) electrons. The van der Waals surface area contributed by atoms with Crippen LogP contribution in [0.4, 0.5) is 5.69 Å². The Hall–Kier alpha value is -2.30. The second kappa shape index (κ2) is 6.90. The van der Waals surface area contributed by atoms with Gasteiger partial charge in [0, 0.05) is 59.6 Å². The molecule has 4 rings (SSSR count). The first-order chi connectivity index (χ1) is 12.2. The lowest BCUT2D eigenvalue weighted by atomic mass is 10.1. The molecule has 1 N–H and O–H groups in total. The number of H-pyrrole nitrogens is 1. The quantitative estimate of drug-likeness (QED) is 0.725. The Morgan fingerprint density at radius 3 is 2.48 bits per heavy atom. The highest BCUT2D eigenvalue weighted by Crippen LogP contribution is 2.21. The van der Waals surface area contributed by atoms with Crippen LogP contribution in [0.15, 0.2) is 54.7 Å². The number of benzene rings is 2. The number of para-hydroxylation sites is 1. The van der Waals surface area contributed by atoms with Crippen molar-refractivity contribution in [1.29, 1.82) is 0 Å². The highest BCUT2D eigenvalue weighted by Gasteiger charge is 2.21. The van der Waals surface area contributed by atoms with Crippen molar-refractivity contribution in [3.63, 3.8) is 0 Å². The number of ketones is 1. The molecule has 1 saturated heterocycles. The van der Waals surface area contributed by atoms with Gasteiger partial charge in [0.05, 0.1) is 6.54 Å². The Morgan fingerprint density at radius 1 is 1.00 bits per heavy atom. The lowest BCUT2D eigenvalue weighted by Gasteiger charge is -2.35. The second-order valence-corrected chi connectivity index (χ2v) is 6.85. The van der Waals surface area contributed by atoms with Crippen molar-refractivity contribution in [3.8, 4) is 0 Å². The molecule has 2 heterocycles. The molecule has 0 spiro atoms. The summed E-state index contributed by atoms with van der Waals surface area (Å²) >= 11 is 5.95. The van der Waals surface area contributed by atoms with Crippen molar-refractivity contribution in [2.45, 2.75) is 0 Å². The van der Waals surface area contributed by atoms with E-state index in [1.807, 2.05) is 42.6 Å².